The number of hydrogen-bond donors (Lipinski definition) is 1. The quantitative estimate of drug-likeness (QED) is 0.380. The van der Waals surface area contributed by atoms with Crippen molar-refractivity contribution < 1.29 is 9.72 Å². The van der Waals surface area contributed by atoms with E-state index in [4.69, 9.17) is 11.6 Å². The maximum Gasteiger partial charge on any atom is 0.293 e. The highest BCUT2D eigenvalue weighted by Gasteiger charge is 2.18. The van der Waals surface area contributed by atoms with Crippen LogP contribution in [0.25, 0.3) is 5.69 Å². The summed E-state index contributed by atoms with van der Waals surface area (Å²) in [6.07, 6.45) is 0. The molecule has 1 heterocycles. The molecule has 0 unspecified atom stereocenters. The second-order valence-corrected chi connectivity index (χ2v) is 6.79. The lowest BCUT2D eigenvalue weighted by molar-refractivity contribution is -0.384. The number of anilines is 1. The molecular formula is C16H13ClN6O3S. The average molecular weight is 405 g/mol. The topological polar surface area (TPSA) is 116 Å². The molecule has 0 bridgehead atoms. The number of thioether (sulfide) groups is 1. The second kappa shape index (κ2) is 8.14. The molecule has 1 amide bonds. The molecule has 9 nitrogen and oxygen atoms in total. The number of rotatable bonds is 6. The summed E-state index contributed by atoms with van der Waals surface area (Å²) < 4.78 is 1.48. The molecule has 1 N–H and O–H groups in total. The smallest absolute Gasteiger partial charge is 0.293 e. The van der Waals surface area contributed by atoms with Gasteiger partial charge in [0, 0.05) is 11.1 Å². The number of tetrazole rings is 1. The van der Waals surface area contributed by atoms with Crippen LogP contribution in [0.5, 0.6) is 0 Å². The molecule has 0 aliphatic carbocycles. The van der Waals surface area contributed by atoms with E-state index in [1.807, 2.05) is 0 Å². The van der Waals surface area contributed by atoms with Crippen LogP contribution in [0.2, 0.25) is 5.02 Å². The number of nitrogens with zero attached hydrogens (tertiary/aromatic N) is 5. The Kier molecular flexibility index (Phi) is 5.67. The van der Waals surface area contributed by atoms with E-state index in [1.54, 1.807) is 43.3 Å². The predicted octanol–water partition coefficient (Wildman–Crippen LogP) is 3.26. The van der Waals surface area contributed by atoms with Crippen LogP contribution in [0.15, 0.2) is 47.6 Å². The minimum absolute atomic E-state index is 0.0144. The first-order valence-electron chi connectivity index (χ1n) is 7.66. The third-order valence-corrected chi connectivity index (χ3v) is 4.73. The molecule has 1 aromatic heterocycles. The third kappa shape index (κ3) is 4.41. The van der Waals surface area contributed by atoms with Crippen molar-refractivity contribution >= 4 is 40.6 Å². The number of nitro groups is 1. The Morgan fingerprint density at radius 1 is 1.30 bits per heavy atom. The summed E-state index contributed by atoms with van der Waals surface area (Å²) in [5.74, 6) is -0.414. The Bertz CT molecular complexity index is 992. The number of halogens is 1. The molecule has 0 aliphatic rings. The van der Waals surface area contributed by atoms with Gasteiger partial charge in [0.05, 0.1) is 16.4 Å². The fraction of sp³-hybridized carbons (Fsp3) is 0.125. The summed E-state index contributed by atoms with van der Waals surface area (Å²) in [5, 5.41) is 26.1. The van der Waals surface area contributed by atoms with Crippen LogP contribution >= 0.6 is 23.4 Å². The van der Waals surface area contributed by atoms with Gasteiger partial charge in [0.15, 0.2) is 0 Å². The summed E-state index contributed by atoms with van der Waals surface area (Å²) in [4.78, 5) is 22.9. The minimum Gasteiger partial charge on any atom is -0.319 e. The third-order valence-electron chi connectivity index (χ3n) is 3.56. The number of hydrogen-bond acceptors (Lipinski definition) is 7. The molecule has 0 atom stereocenters. The lowest BCUT2D eigenvalue weighted by Gasteiger charge is -2.09. The van der Waals surface area contributed by atoms with E-state index in [9.17, 15) is 14.9 Å². The van der Waals surface area contributed by atoms with Gasteiger partial charge in [0.1, 0.15) is 5.69 Å². The average Bonchev–Trinajstić information content (AvgIpc) is 3.10. The van der Waals surface area contributed by atoms with Gasteiger partial charge < -0.3 is 5.32 Å². The van der Waals surface area contributed by atoms with E-state index in [2.05, 4.69) is 20.8 Å². The van der Waals surface area contributed by atoms with Crippen molar-refractivity contribution in [1.82, 2.24) is 20.2 Å². The fourth-order valence-electron chi connectivity index (χ4n) is 2.29. The number of benzene rings is 2. The first kappa shape index (κ1) is 18.8. The van der Waals surface area contributed by atoms with Crippen molar-refractivity contribution in [3.05, 3.63) is 63.2 Å². The Morgan fingerprint density at radius 3 is 2.74 bits per heavy atom. The van der Waals surface area contributed by atoms with Crippen LogP contribution in [0.4, 0.5) is 11.4 Å². The number of carbonyl (C=O) groups is 1. The SMILES string of the molecule is Cc1cccc([N+](=O)[O-])c1NC(=O)CSc1nnnn1-c1ccc(Cl)cc1. The van der Waals surface area contributed by atoms with Crippen molar-refractivity contribution in [3.8, 4) is 5.69 Å². The van der Waals surface area contributed by atoms with Crippen molar-refractivity contribution in [2.24, 2.45) is 0 Å². The van der Waals surface area contributed by atoms with Gasteiger partial charge >= 0.3 is 0 Å². The predicted molar refractivity (Wildman–Crippen MR) is 101 cm³/mol. The molecule has 3 rings (SSSR count). The molecule has 0 saturated heterocycles. The molecule has 0 aliphatic heterocycles. The molecule has 3 aromatic rings. The van der Waals surface area contributed by atoms with E-state index in [-0.39, 0.29) is 17.1 Å². The van der Waals surface area contributed by atoms with Crippen molar-refractivity contribution in [2.75, 3.05) is 11.1 Å². The number of aromatic nitrogens is 4. The van der Waals surface area contributed by atoms with E-state index in [0.29, 0.717) is 21.4 Å². The summed E-state index contributed by atoms with van der Waals surface area (Å²) in [7, 11) is 0. The van der Waals surface area contributed by atoms with Crippen LogP contribution in [-0.4, -0.2) is 36.8 Å². The molecular weight excluding hydrogens is 392 g/mol. The molecule has 138 valence electrons. The Hall–Kier alpha value is -2.98. The van der Waals surface area contributed by atoms with Gasteiger partial charge in [-0.25, -0.2) is 0 Å². The highest BCUT2D eigenvalue weighted by molar-refractivity contribution is 7.99. The number of amides is 1. The normalized spacial score (nSPS) is 10.6. The van der Waals surface area contributed by atoms with Crippen LogP contribution in [0, 0.1) is 17.0 Å². The zero-order valence-electron chi connectivity index (χ0n) is 14.0. The van der Waals surface area contributed by atoms with Crippen LogP contribution in [0.1, 0.15) is 5.56 Å². The van der Waals surface area contributed by atoms with E-state index < -0.39 is 10.8 Å². The van der Waals surface area contributed by atoms with Gasteiger partial charge in [-0.05, 0) is 47.2 Å². The van der Waals surface area contributed by atoms with Gasteiger partial charge in [-0.2, -0.15) is 4.68 Å². The maximum atomic E-state index is 12.3. The number of para-hydroxylation sites is 1. The van der Waals surface area contributed by atoms with Crippen molar-refractivity contribution in [1.29, 1.82) is 0 Å². The van der Waals surface area contributed by atoms with Crippen molar-refractivity contribution in [2.45, 2.75) is 12.1 Å². The van der Waals surface area contributed by atoms with Crippen LogP contribution in [-0.2, 0) is 4.79 Å². The zero-order valence-corrected chi connectivity index (χ0v) is 15.6. The zero-order chi connectivity index (χ0) is 19.4. The van der Waals surface area contributed by atoms with E-state index in [0.717, 1.165) is 11.8 Å². The van der Waals surface area contributed by atoms with E-state index >= 15 is 0 Å². The standard InChI is InChI=1S/C16H13ClN6O3S/c1-10-3-2-4-13(23(25)26)15(10)18-14(24)9-27-16-19-20-21-22(16)12-7-5-11(17)6-8-12/h2-8H,9H2,1H3,(H,18,24). The van der Waals surface area contributed by atoms with Gasteiger partial charge in [-0.15, -0.1) is 5.10 Å². The molecule has 2 aromatic carbocycles. The first-order chi connectivity index (χ1) is 13.0. The van der Waals surface area contributed by atoms with Gasteiger partial charge in [-0.3, -0.25) is 14.9 Å². The Balaban J connectivity index is 1.70. The van der Waals surface area contributed by atoms with Gasteiger partial charge in [-0.1, -0.05) is 35.5 Å². The van der Waals surface area contributed by atoms with Gasteiger partial charge in [0.25, 0.3) is 5.69 Å². The fourth-order valence-corrected chi connectivity index (χ4v) is 3.10. The molecule has 0 fully saturated rings. The van der Waals surface area contributed by atoms with Gasteiger partial charge in [0.2, 0.25) is 11.1 Å². The molecule has 11 heteroatoms. The lowest BCUT2D eigenvalue weighted by atomic mass is 10.1. The highest BCUT2D eigenvalue weighted by atomic mass is 35.5. The number of aryl methyl sites for hydroxylation is 1. The number of nitro benzene ring substituents is 1. The Morgan fingerprint density at radius 2 is 2.04 bits per heavy atom. The Labute approximate surface area is 162 Å². The largest absolute Gasteiger partial charge is 0.319 e. The second-order valence-electron chi connectivity index (χ2n) is 5.41. The maximum absolute atomic E-state index is 12.3. The molecule has 0 saturated carbocycles. The monoisotopic (exact) mass is 404 g/mol. The van der Waals surface area contributed by atoms with E-state index in [1.165, 1.54) is 10.7 Å². The van der Waals surface area contributed by atoms with Crippen molar-refractivity contribution in [3.63, 3.8) is 0 Å². The van der Waals surface area contributed by atoms with Crippen LogP contribution < -0.4 is 5.32 Å². The molecule has 0 radical (unpaired) electrons. The summed E-state index contributed by atoms with van der Waals surface area (Å²) in [6, 6.07) is 11.5. The molecule has 27 heavy (non-hydrogen) atoms. The molecule has 0 spiro atoms. The highest BCUT2D eigenvalue weighted by Crippen LogP contribution is 2.28. The minimum atomic E-state index is -0.531. The summed E-state index contributed by atoms with van der Waals surface area (Å²) >= 11 is 6.99. The first-order valence-corrected chi connectivity index (χ1v) is 9.03. The van der Waals surface area contributed by atoms with Crippen LogP contribution in [0.3, 0.4) is 0 Å². The summed E-state index contributed by atoms with van der Waals surface area (Å²) in [5.41, 5.74) is 1.33. The number of carbonyl (C=O) groups excluding carboxylic acids is 1. The lowest BCUT2D eigenvalue weighted by Crippen LogP contribution is -2.16. The number of nitrogens with one attached hydrogen (secondary N) is 1. The summed E-state index contributed by atoms with van der Waals surface area (Å²) in [6.45, 7) is 1.69.